The maximum atomic E-state index is 13.3. The van der Waals surface area contributed by atoms with Gasteiger partial charge in [-0.3, -0.25) is 0 Å². The molecular formula is C13H12BrClFN3. The molecule has 0 radical (unpaired) electrons. The molecule has 3 nitrogen and oxygen atoms in total. The first-order valence-corrected chi connectivity index (χ1v) is 6.73. The van der Waals surface area contributed by atoms with Crippen LogP contribution < -0.4 is 11.1 Å². The topological polar surface area (TPSA) is 50.4 Å². The summed E-state index contributed by atoms with van der Waals surface area (Å²) in [6.07, 6.45) is 1.74. The third-order valence-electron chi connectivity index (χ3n) is 2.63. The molecule has 0 aliphatic carbocycles. The van der Waals surface area contributed by atoms with Crippen LogP contribution in [-0.4, -0.2) is 12.1 Å². The van der Waals surface area contributed by atoms with Crippen molar-refractivity contribution in [3.63, 3.8) is 0 Å². The Morgan fingerprint density at radius 1 is 1.53 bits per heavy atom. The first-order chi connectivity index (χ1) is 8.97. The molecule has 100 valence electrons. The van der Waals surface area contributed by atoms with Crippen LogP contribution in [0.25, 0.3) is 0 Å². The van der Waals surface area contributed by atoms with Crippen molar-refractivity contribution in [2.24, 2.45) is 10.7 Å². The van der Waals surface area contributed by atoms with Crippen LogP contribution in [0.2, 0.25) is 5.02 Å². The molecule has 1 heterocycles. The standard InChI is InChI=1S/C13H12BrClFN3/c1-7-6-18-12(16)5-9(7)13(17)19-8-2-3-11(15)10(14)4-8/h2-6,12,18H,1H3,(H2,17,19). The Kier molecular flexibility index (Phi) is 4.27. The van der Waals surface area contributed by atoms with Gasteiger partial charge in [-0.25, -0.2) is 9.38 Å². The zero-order valence-electron chi connectivity index (χ0n) is 10.1. The van der Waals surface area contributed by atoms with E-state index in [1.165, 1.54) is 6.08 Å². The molecule has 1 unspecified atom stereocenters. The van der Waals surface area contributed by atoms with Crippen molar-refractivity contribution in [2.45, 2.75) is 13.2 Å². The number of rotatable bonds is 2. The summed E-state index contributed by atoms with van der Waals surface area (Å²) in [7, 11) is 0. The number of halogens is 3. The number of hydrogen-bond acceptors (Lipinski definition) is 2. The minimum absolute atomic E-state index is 0.270. The van der Waals surface area contributed by atoms with Crippen LogP contribution in [-0.2, 0) is 0 Å². The Hall–Kier alpha value is -1.33. The van der Waals surface area contributed by atoms with Crippen LogP contribution in [0, 0.1) is 0 Å². The van der Waals surface area contributed by atoms with E-state index >= 15 is 0 Å². The minimum atomic E-state index is -1.25. The predicted octanol–water partition coefficient (Wildman–Crippen LogP) is 3.82. The Morgan fingerprint density at radius 3 is 2.95 bits per heavy atom. The van der Waals surface area contributed by atoms with Gasteiger partial charge in [0, 0.05) is 16.2 Å². The molecule has 0 bridgehead atoms. The maximum absolute atomic E-state index is 13.3. The van der Waals surface area contributed by atoms with Gasteiger partial charge < -0.3 is 11.1 Å². The van der Waals surface area contributed by atoms with Crippen LogP contribution >= 0.6 is 27.5 Å². The monoisotopic (exact) mass is 343 g/mol. The highest BCUT2D eigenvalue weighted by Crippen LogP contribution is 2.27. The van der Waals surface area contributed by atoms with Crippen molar-refractivity contribution >= 4 is 39.1 Å². The SMILES string of the molecule is CC1=CNC(F)C=C1C(N)=Nc1ccc(Cl)c(Br)c1. The van der Waals surface area contributed by atoms with Crippen molar-refractivity contribution in [1.82, 2.24) is 5.32 Å². The van der Waals surface area contributed by atoms with Gasteiger partial charge in [0.2, 0.25) is 0 Å². The van der Waals surface area contributed by atoms with E-state index in [9.17, 15) is 4.39 Å². The van der Waals surface area contributed by atoms with Gasteiger partial charge in [0.25, 0.3) is 0 Å². The van der Waals surface area contributed by atoms with E-state index in [1.807, 2.05) is 6.92 Å². The van der Waals surface area contributed by atoms with Crippen molar-refractivity contribution in [3.05, 3.63) is 51.1 Å². The Labute approximate surface area is 124 Å². The number of nitrogens with zero attached hydrogens (tertiary/aromatic N) is 1. The van der Waals surface area contributed by atoms with Crippen LogP contribution in [0.5, 0.6) is 0 Å². The summed E-state index contributed by atoms with van der Waals surface area (Å²) in [5.41, 5.74) is 8.00. The lowest BCUT2D eigenvalue weighted by atomic mass is 10.1. The Morgan fingerprint density at radius 2 is 2.26 bits per heavy atom. The van der Waals surface area contributed by atoms with E-state index in [0.717, 1.165) is 10.0 Å². The number of aliphatic imine (C=N–C) groups is 1. The van der Waals surface area contributed by atoms with E-state index in [4.69, 9.17) is 17.3 Å². The summed E-state index contributed by atoms with van der Waals surface area (Å²) in [6.45, 7) is 1.84. The second-order valence-electron chi connectivity index (χ2n) is 4.07. The first kappa shape index (κ1) is 14.1. The third-order valence-corrected chi connectivity index (χ3v) is 3.84. The molecule has 6 heteroatoms. The van der Waals surface area contributed by atoms with E-state index in [1.54, 1.807) is 24.4 Å². The van der Waals surface area contributed by atoms with Gasteiger partial charge in [-0.2, -0.15) is 0 Å². The molecule has 2 rings (SSSR count). The van der Waals surface area contributed by atoms with Gasteiger partial charge in [-0.05, 0) is 52.7 Å². The van der Waals surface area contributed by atoms with Gasteiger partial charge in [-0.15, -0.1) is 0 Å². The lowest BCUT2D eigenvalue weighted by Crippen LogP contribution is -2.26. The molecule has 1 atom stereocenters. The molecular weight excluding hydrogens is 333 g/mol. The number of amidine groups is 1. The average Bonchev–Trinajstić information content (AvgIpc) is 2.36. The smallest absolute Gasteiger partial charge is 0.189 e. The third kappa shape index (κ3) is 3.36. The molecule has 1 aliphatic rings. The molecule has 1 aliphatic heterocycles. The van der Waals surface area contributed by atoms with Gasteiger partial charge in [0.1, 0.15) is 5.84 Å². The predicted molar refractivity (Wildman–Crippen MR) is 80.3 cm³/mol. The van der Waals surface area contributed by atoms with Crippen molar-refractivity contribution in [3.8, 4) is 0 Å². The molecule has 1 aromatic rings. The second kappa shape index (κ2) is 5.75. The van der Waals surface area contributed by atoms with Crippen molar-refractivity contribution < 1.29 is 4.39 Å². The fourth-order valence-electron chi connectivity index (χ4n) is 1.65. The normalized spacial score (nSPS) is 19.6. The first-order valence-electron chi connectivity index (χ1n) is 5.56. The van der Waals surface area contributed by atoms with Gasteiger partial charge in [0.15, 0.2) is 6.30 Å². The minimum Gasteiger partial charge on any atom is -0.383 e. The van der Waals surface area contributed by atoms with Gasteiger partial charge in [-0.1, -0.05) is 11.6 Å². The molecule has 0 spiro atoms. The molecule has 3 N–H and O–H groups in total. The number of dihydropyridines is 1. The van der Waals surface area contributed by atoms with Gasteiger partial charge in [0.05, 0.1) is 10.7 Å². The molecule has 0 saturated heterocycles. The molecule has 0 saturated carbocycles. The van der Waals surface area contributed by atoms with E-state index < -0.39 is 6.30 Å². The molecule has 0 amide bonds. The summed E-state index contributed by atoms with van der Waals surface area (Å²) in [4.78, 5) is 4.27. The van der Waals surface area contributed by atoms with E-state index in [-0.39, 0.29) is 5.84 Å². The fraction of sp³-hybridized carbons (Fsp3) is 0.154. The zero-order valence-corrected chi connectivity index (χ0v) is 12.5. The lowest BCUT2D eigenvalue weighted by molar-refractivity contribution is 0.362. The Balaban J connectivity index is 2.32. The molecule has 0 aromatic heterocycles. The molecule has 0 fully saturated rings. The van der Waals surface area contributed by atoms with Gasteiger partial charge >= 0.3 is 0 Å². The highest BCUT2D eigenvalue weighted by Gasteiger charge is 2.14. The highest BCUT2D eigenvalue weighted by atomic mass is 79.9. The summed E-state index contributed by atoms with van der Waals surface area (Å²) < 4.78 is 14.0. The lowest BCUT2D eigenvalue weighted by Gasteiger charge is -2.16. The summed E-state index contributed by atoms with van der Waals surface area (Å²) in [5.74, 6) is 0.270. The van der Waals surface area contributed by atoms with Crippen LogP contribution in [0.1, 0.15) is 6.92 Å². The second-order valence-corrected chi connectivity index (χ2v) is 5.33. The zero-order chi connectivity index (χ0) is 14.0. The summed E-state index contributed by atoms with van der Waals surface area (Å²) in [5, 5.41) is 3.15. The molecule has 1 aromatic carbocycles. The number of alkyl halides is 1. The van der Waals surface area contributed by atoms with Crippen molar-refractivity contribution in [2.75, 3.05) is 0 Å². The average molecular weight is 345 g/mol. The van der Waals surface area contributed by atoms with E-state index in [0.29, 0.717) is 16.3 Å². The fourth-order valence-corrected chi connectivity index (χ4v) is 2.13. The maximum Gasteiger partial charge on any atom is 0.189 e. The number of hydrogen-bond donors (Lipinski definition) is 2. The van der Waals surface area contributed by atoms with Crippen LogP contribution in [0.15, 0.2) is 51.1 Å². The quantitative estimate of drug-likeness (QED) is 0.487. The highest BCUT2D eigenvalue weighted by molar-refractivity contribution is 9.10. The largest absolute Gasteiger partial charge is 0.383 e. The summed E-state index contributed by atoms with van der Waals surface area (Å²) >= 11 is 9.22. The Bertz CT molecular complexity index is 596. The molecule has 19 heavy (non-hydrogen) atoms. The number of nitrogens with one attached hydrogen (secondary N) is 1. The number of benzene rings is 1. The summed E-state index contributed by atoms with van der Waals surface area (Å²) in [6, 6.07) is 5.21. The van der Waals surface area contributed by atoms with E-state index in [2.05, 4.69) is 26.2 Å². The number of nitrogens with two attached hydrogens (primary N) is 1. The van der Waals surface area contributed by atoms with Crippen LogP contribution in [0.3, 0.4) is 0 Å². The van der Waals surface area contributed by atoms with Crippen molar-refractivity contribution in [1.29, 1.82) is 0 Å². The van der Waals surface area contributed by atoms with Crippen LogP contribution in [0.4, 0.5) is 10.1 Å².